The van der Waals surface area contributed by atoms with Gasteiger partial charge >= 0.3 is 0 Å². The Morgan fingerprint density at radius 2 is 2.15 bits per heavy atom. The summed E-state index contributed by atoms with van der Waals surface area (Å²) >= 11 is 0. The number of anilines is 1. The normalized spacial score (nSPS) is 28.2. The second-order valence-electron chi connectivity index (χ2n) is 7.84. The minimum absolute atomic E-state index is 0.0951. The van der Waals surface area contributed by atoms with Crippen molar-refractivity contribution < 1.29 is 13.9 Å². The Bertz CT molecular complexity index is 743. The van der Waals surface area contributed by atoms with Crippen LogP contribution < -0.4 is 11.1 Å². The van der Waals surface area contributed by atoms with Crippen LogP contribution in [0.25, 0.3) is 0 Å². The molecule has 142 valence electrons. The average molecular weight is 362 g/mol. The van der Waals surface area contributed by atoms with E-state index in [1.807, 2.05) is 0 Å². The topological polar surface area (TPSA) is 80.0 Å². The lowest BCUT2D eigenvalue weighted by Crippen LogP contribution is -2.58. The molecule has 3 N–H and O–H groups in total. The first-order valence-electron chi connectivity index (χ1n) is 8.92. The highest BCUT2D eigenvalue weighted by Gasteiger charge is 2.53. The van der Waals surface area contributed by atoms with Gasteiger partial charge in [-0.3, -0.25) is 9.69 Å². The third-order valence-corrected chi connectivity index (χ3v) is 5.85. The maximum Gasteiger partial charge on any atom is 0.237 e. The fourth-order valence-corrected chi connectivity index (χ4v) is 3.59. The first kappa shape index (κ1) is 18.6. The molecule has 6 nitrogen and oxygen atoms in total. The van der Waals surface area contributed by atoms with Crippen LogP contribution in [0, 0.1) is 17.2 Å². The molecule has 0 saturated carbocycles. The van der Waals surface area contributed by atoms with Crippen LogP contribution in [0.3, 0.4) is 0 Å². The number of guanidine groups is 1. The lowest BCUT2D eigenvalue weighted by Gasteiger charge is -2.46. The fraction of sp³-hybridized carbons (Fsp3) is 0.579. The number of nitrogens with one attached hydrogen (secondary N) is 1. The lowest BCUT2D eigenvalue weighted by molar-refractivity contribution is -0.140. The van der Waals surface area contributed by atoms with E-state index in [2.05, 4.69) is 10.3 Å². The number of benzene rings is 1. The zero-order valence-electron chi connectivity index (χ0n) is 15.8. The van der Waals surface area contributed by atoms with Gasteiger partial charge < -0.3 is 15.8 Å². The molecule has 2 aliphatic heterocycles. The number of carbonyl (C=O) groups excluding carboxylic acids is 1. The SMILES string of the molecule is CN1C(=O)C(C)(C)C(C)(c2cc(NCC3CCOC3)ccc2F)N=C1N. The molecule has 2 atom stereocenters. The number of halogens is 1. The van der Waals surface area contributed by atoms with Gasteiger partial charge in [-0.1, -0.05) is 0 Å². The van der Waals surface area contributed by atoms with E-state index in [1.54, 1.807) is 40.0 Å². The van der Waals surface area contributed by atoms with Crippen LogP contribution in [-0.2, 0) is 15.1 Å². The zero-order valence-corrected chi connectivity index (χ0v) is 15.8. The number of nitrogens with two attached hydrogens (primary N) is 1. The van der Waals surface area contributed by atoms with Crippen LogP contribution in [0.15, 0.2) is 23.2 Å². The van der Waals surface area contributed by atoms with E-state index in [0.717, 1.165) is 31.9 Å². The predicted molar refractivity (Wildman–Crippen MR) is 99.3 cm³/mol. The summed E-state index contributed by atoms with van der Waals surface area (Å²) < 4.78 is 20.1. The quantitative estimate of drug-likeness (QED) is 0.861. The van der Waals surface area contributed by atoms with Gasteiger partial charge in [0, 0.05) is 37.4 Å². The summed E-state index contributed by atoms with van der Waals surface area (Å²) in [4.78, 5) is 18.6. The number of amides is 1. The molecule has 2 heterocycles. The van der Waals surface area contributed by atoms with Crippen molar-refractivity contribution in [1.82, 2.24) is 4.90 Å². The molecule has 0 spiro atoms. The molecule has 7 heteroatoms. The minimum Gasteiger partial charge on any atom is -0.385 e. The second kappa shape index (κ2) is 6.54. The van der Waals surface area contributed by atoms with Gasteiger partial charge in [-0.15, -0.1) is 0 Å². The van der Waals surface area contributed by atoms with Crippen LogP contribution in [0.4, 0.5) is 10.1 Å². The molecular formula is C19H27FN4O2. The van der Waals surface area contributed by atoms with E-state index in [1.165, 1.54) is 11.0 Å². The number of nitrogens with zero attached hydrogens (tertiary/aromatic N) is 2. The van der Waals surface area contributed by atoms with Crippen molar-refractivity contribution >= 4 is 17.6 Å². The monoisotopic (exact) mass is 362 g/mol. The molecule has 1 fully saturated rings. The summed E-state index contributed by atoms with van der Waals surface area (Å²) in [5, 5.41) is 3.35. The van der Waals surface area contributed by atoms with E-state index < -0.39 is 16.8 Å². The molecule has 26 heavy (non-hydrogen) atoms. The Balaban J connectivity index is 1.96. The Morgan fingerprint density at radius 1 is 1.42 bits per heavy atom. The molecule has 0 radical (unpaired) electrons. The molecule has 3 rings (SSSR count). The summed E-state index contributed by atoms with van der Waals surface area (Å²) in [7, 11) is 1.58. The van der Waals surface area contributed by atoms with Gasteiger partial charge in [0.25, 0.3) is 0 Å². The summed E-state index contributed by atoms with van der Waals surface area (Å²) in [5.74, 6) is -0.0376. The van der Waals surface area contributed by atoms with Crippen LogP contribution in [-0.4, -0.2) is 43.6 Å². The van der Waals surface area contributed by atoms with Crippen LogP contribution in [0.1, 0.15) is 32.8 Å². The summed E-state index contributed by atoms with van der Waals surface area (Å²) in [6, 6.07) is 4.86. The van der Waals surface area contributed by atoms with Gasteiger partial charge in [0.2, 0.25) is 5.91 Å². The van der Waals surface area contributed by atoms with Crippen molar-refractivity contribution in [1.29, 1.82) is 0 Å². The second-order valence-corrected chi connectivity index (χ2v) is 7.84. The van der Waals surface area contributed by atoms with E-state index in [9.17, 15) is 9.18 Å². The molecule has 2 unspecified atom stereocenters. The molecule has 0 aromatic heterocycles. The number of rotatable bonds is 4. The molecule has 1 saturated heterocycles. The molecular weight excluding hydrogens is 335 g/mol. The third kappa shape index (κ3) is 2.94. The van der Waals surface area contributed by atoms with Crippen molar-refractivity contribution in [3.63, 3.8) is 0 Å². The highest BCUT2D eigenvalue weighted by atomic mass is 19.1. The summed E-state index contributed by atoms with van der Waals surface area (Å²) in [6.07, 6.45) is 1.02. The Hall–Kier alpha value is -2.15. The van der Waals surface area contributed by atoms with Crippen molar-refractivity contribution in [3.05, 3.63) is 29.6 Å². The van der Waals surface area contributed by atoms with Crippen molar-refractivity contribution in [3.8, 4) is 0 Å². The number of hydrogen-bond donors (Lipinski definition) is 2. The number of ether oxygens (including phenoxy) is 1. The van der Waals surface area contributed by atoms with Gasteiger partial charge in [0.1, 0.15) is 11.4 Å². The molecule has 1 aromatic carbocycles. The number of carbonyl (C=O) groups is 1. The third-order valence-electron chi connectivity index (χ3n) is 5.85. The van der Waals surface area contributed by atoms with Gasteiger partial charge in [-0.2, -0.15) is 0 Å². The fourth-order valence-electron chi connectivity index (χ4n) is 3.59. The molecule has 2 aliphatic rings. The maximum atomic E-state index is 14.8. The van der Waals surface area contributed by atoms with Crippen molar-refractivity contribution in [2.45, 2.75) is 32.7 Å². The Morgan fingerprint density at radius 3 is 2.81 bits per heavy atom. The van der Waals surface area contributed by atoms with Crippen LogP contribution >= 0.6 is 0 Å². The van der Waals surface area contributed by atoms with Gasteiger partial charge in [0.05, 0.1) is 12.0 Å². The zero-order chi connectivity index (χ0) is 19.1. The molecule has 1 aromatic rings. The van der Waals surface area contributed by atoms with Gasteiger partial charge in [0.15, 0.2) is 5.96 Å². The lowest BCUT2D eigenvalue weighted by atomic mass is 9.67. The van der Waals surface area contributed by atoms with Crippen molar-refractivity contribution in [2.75, 3.05) is 32.1 Å². The first-order chi connectivity index (χ1) is 12.2. The summed E-state index contributed by atoms with van der Waals surface area (Å²) in [5.41, 5.74) is 5.05. The van der Waals surface area contributed by atoms with E-state index in [0.29, 0.717) is 11.5 Å². The summed E-state index contributed by atoms with van der Waals surface area (Å²) in [6.45, 7) is 7.61. The van der Waals surface area contributed by atoms with Crippen molar-refractivity contribution in [2.24, 2.45) is 22.1 Å². The van der Waals surface area contributed by atoms with E-state index >= 15 is 0 Å². The van der Waals surface area contributed by atoms with Crippen LogP contribution in [0.5, 0.6) is 0 Å². The molecule has 1 amide bonds. The first-order valence-corrected chi connectivity index (χ1v) is 8.92. The smallest absolute Gasteiger partial charge is 0.237 e. The Kier molecular flexibility index (Phi) is 4.69. The number of aliphatic imine (C=N–C) groups is 1. The minimum atomic E-state index is -1.10. The highest BCUT2D eigenvalue weighted by Crippen LogP contribution is 2.47. The average Bonchev–Trinajstić information content (AvgIpc) is 3.11. The van der Waals surface area contributed by atoms with Gasteiger partial charge in [-0.05, 0) is 45.4 Å². The van der Waals surface area contributed by atoms with E-state index in [4.69, 9.17) is 10.5 Å². The largest absolute Gasteiger partial charge is 0.385 e. The standard InChI is InChI=1S/C19H27FN4O2/c1-18(2)16(25)24(4)17(21)23-19(18,3)14-9-13(5-6-15(14)20)22-10-12-7-8-26-11-12/h5-6,9,12,22H,7-8,10-11H2,1-4H3,(H2,21,23). The van der Waals surface area contributed by atoms with Gasteiger partial charge in [-0.25, -0.2) is 9.38 Å². The van der Waals surface area contributed by atoms with Crippen LogP contribution in [0.2, 0.25) is 0 Å². The Labute approximate surface area is 153 Å². The molecule has 0 aliphatic carbocycles. The predicted octanol–water partition coefficient (Wildman–Crippen LogP) is 2.30. The maximum absolute atomic E-state index is 14.8. The van der Waals surface area contributed by atoms with E-state index in [-0.39, 0.29) is 11.9 Å². The highest BCUT2D eigenvalue weighted by molar-refractivity contribution is 6.01. The molecule has 0 bridgehead atoms. The number of hydrogen-bond acceptors (Lipinski definition) is 5.